The van der Waals surface area contributed by atoms with E-state index in [-0.39, 0.29) is 39.2 Å². The minimum Gasteiger partial charge on any atom is -0.507 e. The van der Waals surface area contributed by atoms with E-state index in [0.717, 1.165) is 16.5 Å². The number of carbonyl (C=O) groups excluding carboxylic acids is 2. The number of halogens is 2. The summed E-state index contributed by atoms with van der Waals surface area (Å²) in [6.07, 6.45) is 4.98. The van der Waals surface area contributed by atoms with Crippen LogP contribution >= 0.6 is 23.2 Å². The molecule has 188 valence electrons. The molecule has 5 rings (SSSR count). The van der Waals surface area contributed by atoms with E-state index in [4.69, 9.17) is 32.7 Å². The van der Waals surface area contributed by atoms with Gasteiger partial charge in [0.25, 0.3) is 11.7 Å². The molecule has 1 unspecified atom stereocenters. The number of ketones is 1. The standard InChI is InChI=1S/C27H21Cl2N3O5/c1-36-25-16(10-18(28)26(37-2)21(25)29)23(33)20-22(17-12-31-19-8-4-3-7-15(17)19)32(27(35)24(20)34)13-14-6-5-9-30-11-14/h3-12,22,31,33H,13H2,1-2H3/b23-20+. The van der Waals surface area contributed by atoms with Gasteiger partial charge in [-0.15, -0.1) is 0 Å². The maximum atomic E-state index is 13.5. The van der Waals surface area contributed by atoms with Gasteiger partial charge in [-0.1, -0.05) is 47.5 Å². The van der Waals surface area contributed by atoms with Crippen molar-refractivity contribution in [1.29, 1.82) is 0 Å². The topological polar surface area (TPSA) is 105 Å². The summed E-state index contributed by atoms with van der Waals surface area (Å²) in [5, 5.41) is 12.5. The van der Waals surface area contributed by atoms with Crippen LogP contribution in [0.5, 0.6) is 11.5 Å². The fourth-order valence-corrected chi connectivity index (χ4v) is 5.35. The molecule has 4 aromatic rings. The lowest BCUT2D eigenvalue weighted by Gasteiger charge is -2.25. The molecule has 8 nitrogen and oxygen atoms in total. The Morgan fingerprint density at radius 3 is 2.57 bits per heavy atom. The maximum Gasteiger partial charge on any atom is 0.295 e. The normalized spacial score (nSPS) is 17.0. The van der Waals surface area contributed by atoms with Crippen molar-refractivity contribution in [3.8, 4) is 11.5 Å². The number of Topliss-reactive ketones (excluding diaryl/α,β-unsaturated/α-hetero) is 1. The highest BCUT2D eigenvalue weighted by Gasteiger charge is 2.47. The van der Waals surface area contributed by atoms with E-state index in [0.29, 0.717) is 5.56 Å². The minimum atomic E-state index is -0.916. The second kappa shape index (κ2) is 9.80. The number of pyridine rings is 1. The molecule has 2 N–H and O–H groups in total. The number of likely N-dealkylation sites (tertiary alicyclic amines) is 1. The summed E-state index contributed by atoms with van der Waals surface area (Å²) in [5.74, 6) is -1.86. The Hall–Kier alpha value is -4.01. The smallest absolute Gasteiger partial charge is 0.295 e. The number of aromatic amines is 1. The number of amides is 1. The number of aliphatic hydroxyl groups is 1. The van der Waals surface area contributed by atoms with Gasteiger partial charge in [-0.25, -0.2) is 0 Å². The van der Waals surface area contributed by atoms with Gasteiger partial charge >= 0.3 is 0 Å². The van der Waals surface area contributed by atoms with Gasteiger partial charge in [-0.2, -0.15) is 0 Å². The summed E-state index contributed by atoms with van der Waals surface area (Å²) in [6, 6.07) is 11.5. The summed E-state index contributed by atoms with van der Waals surface area (Å²) in [7, 11) is 2.76. The number of H-pyrrole nitrogens is 1. The number of para-hydroxylation sites is 1. The summed E-state index contributed by atoms with van der Waals surface area (Å²) in [6.45, 7) is 0.0978. The Balaban J connectivity index is 1.76. The van der Waals surface area contributed by atoms with Crippen molar-refractivity contribution in [3.63, 3.8) is 0 Å². The SMILES string of the molecule is COc1c(Cl)cc(/C(O)=C2\C(=O)C(=O)N(Cc3cccnc3)C2c2c[nH]c3ccccc23)c(OC)c1Cl. The van der Waals surface area contributed by atoms with Gasteiger partial charge in [-0.3, -0.25) is 14.6 Å². The molecule has 2 aromatic heterocycles. The zero-order valence-electron chi connectivity index (χ0n) is 19.8. The van der Waals surface area contributed by atoms with Gasteiger partial charge in [0.2, 0.25) is 0 Å². The molecule has 2 aromatic carbocycles. The van der Waals surface area contributed by atoms with Crippen LogP contribution in [0.2, 0.25) is 10.0 Å². The number of aliphatic hydroxyl groups excluding tert-OH is 1. The fourth-order valence-electron chi connectivity index (χ4n) is 4.67. The maximum absolute atomic E-state index is 13.5. The predicted molar refractivity (Wildman–Crippen MR) is 140 cm³/mol. The largest absolute Gasteiger partial charge is 0.507 e. The number of nitrogens with zero attached hydrogens (tertiary/aromatic N) is 2. The van der Waals surface area contributed by atoms with Gasteiger partial charge in [-0.05, 0) is 23.8 Å². The molecule has 0 spiro atoms. The fraction of sp³-hybridized carbons (Fsp3) is 0.148. The number of carbonyl (C=O) groups is 2. The Bertz CT molecular complexity index is 1570. The molecule has 0 saturated carbocycles. The number of hydrogen-bond acceptors (Lipinski definition) is 6. The molecule has 1 fully saturated rings. The van der Waals surface area contributed by atoms with E-state index < -0.39 is 23.5 Å². The number of fused-ring (bicyclic) bond motifs is 1. The van der Waals surface area contributed by atoms with Crippen LogP contribution in [-0.4, -0.2) is 45.9 Å². The van der Waals surface area contributed by atoms with Crippen LogP contribution in [-0.2, 0) is 16.1 Å². The van der Waals surface area contributed by atoms with Gasteiger partial charge in [0, 0.05) is 41.6 Å². The molecule has 3 heterocycles. The monoisotopic (exact) mass is 537 g/mol. The van der Waals surface area contributed by atoms with E-state index in [2.05, 4.69) is 9.97 Å². The molecule has 0 bridgehead atoms. The summed E-state index contributed by atoms with van der Waals surface area (Å²) in [5.41, 5.74) is 2.13. The molecule has 0 radical (unpaired) electrons. The van der Waals surface area contributed by atoms with Crippen molar-refractivity contribution in [2.45, 2.75) is 12.6 Å². The van der Waals surface area contributed by atoms with Gasteiger partial charge in [0.1, 0.15) is 10.8 Å². The first-order valence-corrected chi connectivity index (χ1v) is 12.0. The Labute approximate surface area is 222 Å². The van der Waals surface area contributed by atoms with Gasteiger partial charge in [0.05, 0.1) is 36.4 Å². The first-order valence-electron chi connectivity index (χ1n) is 11.2. The van der Waals surface area contributed by atoms with Crippen molar-refractivity contribution in [2.75, 3.05) is 14.2 Å². The van der Waals surface area contributed by atoms with Crippen molar-refractivity contribution in [3.05, 3.63) is 93.4 Å². The summed E-state index contributed by atoms with van der Waals surface area (Å²) >= 11 is 12.8. The van der Waals surface area contributed by atoms with Crippen molar-refractivity contribution >= 4 is 51.6 Å². The lowest BCUT2D eigenvalue weighted by molar-refractivity contribution is -0.140. The van der Waals surface area contributed by atoms with Crippen molar-refractivity contribution in [1.82, 2.24) is 14.9 Å². The quantitative estimate of drug-likeness (QED) is 0.191. The molecule has 0 aliphatic carbocycles. The van der Waals surface area contributed by atoms with E-state index in [1.54, 1.807) is 24.7 Å². The van der Waals surface area contributed by atoms with Crippen LogP contribution in [0.4, 0.5) is 0 Å². The van der Waals surface area contributed by atoms with Gasteiger partial charge < -0.3 is 24.5 Å². The molecule has 1 amide bonds. The lowest BCUT2D eigenvalue weighted by atomic mass is 9.94. The first-order chi connectivity index (χ1) is 17.9. The van der Waals surface area contributed by atoms with Crippen LogP contribution in [0, 0.1) is 0 Å². The Morgan fingerprint density at radius 2 is 1.86 bits per heavy atom. The number of methoxy groups -OCH3 is 2. The average Bonchev–Trinajstić information content (AvgIpc) is 3.43. The molecule has 1 aliphatic heterocycles. The van der Waals surface area contributed by atoms with Crippen LogP contribution in [0.3, 0.4) is 0 Å². The number of rotatable bonds is 6. The minimum absolute atomic E-state index is 0.0206. The van der Waals surface area contributed by atoms with E-state index in [1.807, 2.05) is 30.3 Å². The molecule has 1 atom stereocenters. The second-order valence-corrected chi connectivity index (χ2v) is 9.15. The number of hydrogen-bond donors (Lipinski definition) is 2. The highest BCUT2D eigenvalue weighted by molar-refractivity contribution is 6.47. The molecule has 10 heteroatoms. The summed E-state index contributed by atoms with van der Waals surface area (Å²) < 4.78 is 10.7. The van der Waals surface area contributed by atoms with E-state index >= 15 is 0 Å². The average molecular weight is 538 g/mol. The number of benzene rings is 2. The molecule has 1 aliphatic rings. The van der Waals surface area contributed by atoms with Crippen LogP contribution in [0.25, 0.3) is 16.7 Å². The Morgan fingerprint density at radius 1 is 1.11 bits per heavy atom. The zero-order valence-corrected chi connectivity index (χ0v) is 21.3. The predicted octanol–water partition coefficient (Wildman–Crippen LogP) is 5.51. The molecular formula is C27H21Cl2N3O5. The number of aromatic nitrogens is 2. The third-order valence-electron chi connectivity index (χ3n) is 6.33. The van der Waals surface area contributed by atoms with Crippen molar-refractivity contribution < 1.29 is 24.2 Å². The lowest BCUT2D eigenvalue weighted by Crippen LogP contribution is -2.29. The third kappa shape index (κ3) is 4.08. The van der Waals surface area contributed by atoms with Crippen LogP contribution in [0.1, 0.15) is 22.7 Å². The van der Waals surface area contributed by atoms with Gasteiger partial charge in [0.15, 0.2) is 11.5 Å². The Kier molecular flexibility index (Phi) is 6.54. The third-order valence-corrected chi connectivity index (χ3v) is 6.95. The number of ether oxygens (including phenoxy) is 2. The van der Waals surface area contributed by atoms with Crippen LogP contribution in [0.15, 0.2) is 66.6 Å². The van der Waals surface area contributed by atoms with Crippen molar-refractivity contribution in [2.24, 2.45) is 0 Å². The number of nitrogens with one attached hydrogen (secondary N) is 1. The second-order valence-electron chi connectivity index (χ2n) is 8.36. The molecule has 1 saturated heterocycles. The highest BCUT2D eigenvalue weighted by Crippen LogP contribution is 2.48. The highest BCUT2D eigenvalue weighted by atomic mass is 35.5. The zero-order chi connectivity index (χ0) is 26.3. The van der Waals surface area contributed by atoms with E-state index in [1.165, 1.54) is 25.2 Å². The van der Waals surface area contributed by atoms with E-state index in [9.17, 15) is 14.7 Å². The molecular weight excluding hydrogens is 517 g/mol. The summed E-state index contributed by atoms with van der Waals surface area (Å²) in [4.78, 5) is 35.6. The molecule has 37 heavy (non-hydrogen) atoms. The first kappa shape index (κ1) is 24.7. The van der Waals surface area contributed by atoms with Crippen LogP contribution < -0.4 is 9.47 Å².